The van der Waals surface area contributed by atoms with Crippen LogP contribution < -0.4 is 16.0 Å². The highest BCUT2D eigenvalue weighted by atomic mass is 19.1. The number of ether oxygens (including phenoxy) is 1. The van der Waals surface area contributed by atoms with Crippen LogP contribution in [0.3, 0.4) is 0 Å². The van der Waals surface area contributed by atoms with Crippen molar-refractivity contribution in [3.63, 3.8) is 0 Å². The lowest BCUT2D eigenvalue weighted by Gasteiger charge is -2.14. The van der Waals surface area contributed by atoms with Gasteiger partial charge in [0.25, 0.3) is 0 Å². The maximum atomic E-state index is 14.8. The Hall–Kier alpha value is -3.95. The van der Waals surface area contributed by atoms with Crippen LogP contribution in [0.15, 0.2) is 47.6 Å². The smallest absolute Gasteiger partial charge is 0.414 e. The Morgan fingerprint density at radius 2 is 1.97 bits per heavy atom. The molecule has 1 aliphatic rings. The van der Waals surface area contributed by atoms with Gasteiger partial charge in [0.1, 0.15) is 11.9 Å². The molecule has 0 saturated carbocycles. The minimum Gasteiger partial charge on any atom is -0.442 e. The van der Waals surface area contributed by atoms with E-state index < -0.39 is 24.0 Å². The topological polar surface area (TPSA) is 123 Å². The summed E-state index contributed by atoms with van der Waals surface area (Å²) in [7, 11) is 0. The zero-order chi connectivity index (χ0) is 22.5. The predicted molar refractivity (Wildman–Crippen MR) is 111 cm³/mol. The summed E-state index contributed by atoms with van der Waals surface area (Å²) in [5, 5.41) is 6.09. The summed E-state index contributed by atoms with van der Waals surface area (Å²) in [4.78, 5) is 39.7. The number of benzene rings is 2. The lowest BCUT2D eigenvalue weighted by molar-refractivity contribution is -0.140. The highest BCUT2D eigenvalue weighted by molar-refractivity contribution is 5.97. The molecule has 162 valence electrons. The molecule has 0 aliphatic carbocycles. The maximum absolute atomic E-state index is 14.8. The van der Waals surface area contributed by atoms with Crippen LogP contribution in [0.5, 0.6) is 0 Å². The molecule has 9 nitrogen and oxygen atoms in total. The van der Waals surface area contributed by atoms with Gasteiger partial charge in [0.05, 0.1) is 18.8 Å². The second-order valence-corrected chi connectivity index (χ2v) is 6.85. The van der Waals surface area contributed by atoms with E-state index in [-0.39, 0.29) is 24.8 Å². The van der Waals surface area contributed by atoms with Crippen molar-refractivity contribution >= 4 is 29.5 Å². The Kier molecular flexibility index (Phi) is 6.49. The van der Waals surface area contributed by atoms with Crippen LogP contribution in [-0.2, 0) is 19.2 Å². The van der Waals surface area contributed by atoms with Gasteiger partial charge in [-0.2, -0.15) is 0 Å². The summed E-state index contributed by atoms with van der Waals surface area (Å²) < 4.78 is 20.0. The molecule has 0 spiro atoms. The van der Waals surface area contributed by atoms with Crippen molar-refractivity contribution in [1.29, 1.82) is 0 Å². The van der Waals surface area contributed by atoms with E-state index in [0.717, 1.165) is 0 Å². The fourth-order valence-corrected chi connectivity index (χ4v) is 2.99. The van der Waals surface area contributed by atoms with Crippen LogP contribution in [0.25, 0.3) is 11.1 Å². The van der Waals surface area contributed by atoms with E-state index in [2.05, 4.69) is 15.3 Å². The molecule has 1 atom stereocenters. The number of amides is 2. The Bertz CT molecular complexity index is 1040. The molecule has 0 radical (unpaired) electrons. The number of halogens is 1. The van der Waals surface area contributed by atoms with Crippen LogP contribution in [0.4, 0.5) is 14.9 Å². The molecule has 3 rings (SSSR count). The summed E-state index contributed by atoms with van der Waals surface area (Å²) >= 11 is 0. The van der Waals surface area contributed by atoms with Gasteiger partial charge in [-0.05, 0) is 23.8 Å². The van der Waals surface area contributed by atoms with E-state index in [4.69, 9.17) is 10.5 Å². The Labute approximate surface area is 177 Å². The lowest BCUT2D eigenvalue weighted by Crippen LogP contribution is -2.33. The second kappa shape index (κ2) is 9.24. The van der Waals surface area contributed by atoms with Gasteiger partial charge < -0.3 is 20.6 Å². The molecule has 1 saturated heterocycles. The first-order chi connectivity index (χ1) is 14.7. The molecule has 1 aliphatic heterocycles. The van der Waals surface area contributed by atoms with Gasteiger partial charge in [-0.25, -0.2) is 14.0 Å². The molecule has 3 N–H and O–H groups in total. The zero-order valence-corrected chi connectivity index (χ0v) is 16.9. The number of hydrogen-bond acceptors (Lipinski definition) is 6. The summed E-state index contributed by atoms with van der Waals surface area (Å²) in [6.07, 6.45) is -1.11. The SMILES string of the molecule is CC(=O)NC[C@H]1CN(c2ccc(-c3ccc(/C(N)=N/OC(C)=O)cc3)c(F)c2)C(=O)O1. The van der Waals surface area contributed by atoms with E-state index in [0.29, 0.717) is 22.4 Å². The van der Waals surface area contributed by atoms with Crippen LogP contribution in [0.2, 0.25) is 0 Å². The molecule has 0 bridgehead atoms. The van der Waals surface area contributed by atoms with Gasteiger partial charge in [0.2, 0.25) is 5.91 Å². The number of amidine groups is 1. The number of carbonyl (C=O) groups is 3. The van der Waals surface area contributed by atoms with Gasteiger partial charge in [-0.1, -0.05) is 29.4 Å². The average molecular weight is 428 g/mol. The monoisotopic (exact) mass is 428 g/mol. The molecule has 2 amide bonds. The number of carbonyl (C=O) groups excluding carboxylic acids is 3. The molecule has 10 heteroatoms. The quantitative estimate of drug-likeness (QED) is 0.314. The largest absolute Gasteiger partial charge is 0.442 e. The minimum absolute atomic E-state index is 0.0129. The molecule has 31 heavy (non-hydrogen) atoms. The molecule has 0 aromatic heterocycles. The highest BCUT2D eigenvalue weighted by Gasteiger charge is 2.32. The van der Waals surface area contributed by atoms with E-state index in [1.54, 1.807) is 36.4 Å². The molecule has 0 unspecified atom stereocenters. The molecule has 2 aromatic rings. The van der Waals surface area contributed by atoms with Crippen molar-refractivity contribution in [1.82, 2.24) is 5.32 Å². The normalized spacial score (nSPS) is 16.1. The first-order valence-corrected chi connectivity index (χ1v) is 9.38. The van der Waals surface area contributed by atoms with Crippen molar-refractivity contribution in [3.05, 3.63) is 53.8 Å². The fraction of sp³-hybridized carbons (Fsp3) is 0.238. The number of rotatable bonds is 6. The van der Waals surface area contributed by atoms with Crippen molar-refractivity contribution < 1.29 is 28.3 Å². The number of hydrogen-bond donors (Lipinski definition) is 2. The second-order valence-electron chi connectivity index (χ2n) is 6.85. The van der Waals surface area contributed by atoms with Crippen LogP contribution >= 0.6 is 0 Å². The third kappa shape index (κ3) is 5.35. The van der Waals surface area contributed by atoms with Gasteiger partial charge in [-0.3, -0.25) is 9.69 Å². The van der Waals surface area contributed by atoms with E-state index >= 15 is 0 Å². The van der Waals surface area contributed by atoms with Gasteiger partial charge >= 0.3 is 12.1 Å². The first-order valence-electron chi connectivity index (χ1n) is 9.38. The lowest BCUT2D eigenvalue weighted by atomic mass is 10.0. The minimum atomic E-state index is -0.602. The van der Waals surface area contributed by atoms with Crippen molar-refractivity contribution in [2.75, 3.05) is 18.0 Å². The van der Waals surface area contributed by atoms with Crippen LogP contribution in [0, 0.1) is 5.82 Å². The number of anilines is 1. The Morgan fingerprint density at radius 1 is 1.26 bits per heavy atom. The van der Waals surface area contributed by atoms with Crippen molar-refractivity contribution in [2.45, 2.75) is 20.0 Å². The standard InChI is InChI=1S/C21H21FN4O5/c1-12(27)24-10-17-11-26(21(29)30-17)16-7-8-18(19(22)9-16)14-3-5-15(6-4-14)20(23)25-31-13(2)28/h3-9,17H,10-11H2,1-2H3,(H2,23,25)(H,24,27)/t17-/m0/s1. The van der Waals surface area contributed by atoms with Crippen LogP contribution in [-0.4, -0.2) is 43.0 Å². The molecular formula is C21H21FN4O5. The van der Waals surface area contributed by atoms with E-state index in [1.807, 2.05) is 0 Å². The van der Waals surface area contributed by atoms with Gasteiger partial charge in [0, 0.05) is 25.0 Å². The third-order valence-corrected chi connectivity index (χ3v) is 4.48. The van der Waals surface area contributed by atoms with E-state index in [9.17, 15) is 18.8 Å². The van der Waals surface area contributed by atoms with Crippen molar-refractivity contribution in [3.8, 4) is 11.1 Å². The van der Waals surface area contributed by atoms with E-state index in [1.165, 1.54) is 24.8 Å². The number of nitrogens with two attached hydrogens (primary N) is 1. The molecule has 1 fully saturated rings. The van der Waals surface area contributed by atoms with Crippen LogP contribution in [0.1, 0.15) is 19.4 Å². The fourth-order valence-electron chi connectivity index (χ4n) is 2.99. The molecular weight excluding hydrogens is 407 g/mol. The first kappa shape index (κ1) is 21.8. The van der Waals surface area contributed by atoms with Crippen molar-refractivity contribution in [2.24, 2.45) is 10.9 Å². The zero-order valence-electron chi connectivity index (χ0n) is 16.9. The predicted octanol–water partition coefficient (Wildman–Crippen LogP) is 2.14. The van der Waals surface area contributed by atoms with Gasteiger partial charge in [0.15, 0.2) is 5.84 Å². The molecule has 1 heterocycles. The third-order valence-electron chi connectivity index (χ3n) is 4.48. The number of oxime groups is 1. The van der Waals surface area contributed by atoms with Gasteiger partial charge in [-0.15, -0.1) is 0 Å². The average Bonchev–Trinajstić information content (AvgIpc) is 3.11. The maximum Gasteiger partial charge on any atom is 0.414 e. The summed E-state index contributed by atoms with van der Waals surface area (Å²) in [6, 6.07) is 11.0. The highest BCUT2D eigenvalue weighted by Crippen LogP contribution is 2.29. The Morgan fingerprint density at radius 3 is 2.58 bits per heavy atom. The summed E-state index contributed by atoms with van der Waals surface area (Å²) in [5.41, 5.74) is 7.51. The Balaban J connectivity index is 1.74. The summed E-state index contributed by atoms with van der Waals surface area (Å²) in [5.74, 6) is -1.33. The number of nitrogens with one attached hydrogen (secondary N) is 1. The summed E-state index contributed by atoms with van der Waals surface area (Å²) in [6.45, 7) is 2.97. The number of cyclic esters (lactones) is 1. The molecule has 2 aromatic carbocycles. The number of nitrogens with zero attached hydrogens (tertiary/aromatic N) is 2.